The highest BCUT2D eigenvalue weighted by atomic mass is 16.5. The van der Waals surface area contributed by atoms with E-state index >= 15 is 0 Å². The molecule has 2 aromatic rings. The van der Waals surface area contributed by atoms with Gasteiger partial charge in [0.05, 0.1) is 0 Å². The van der Waals surface area contributed by atoms with Gasteiger partial charge in [-0.15, -0.1) is 13.2 Å². The van der Waals surface area contributed by atoms with E-state index in [2.05, 4.69) is 13.2 Å². The zero-order valence-electron chi connectivity index (χ0n) is 11.7. The summed E-state index contributed by atoms with van der Waals surface area (Å²) in [6.07, 6.45) is 4.73. The van der Waals surface area contributed by atoms with Crippen LogP contribution in [0.1, 0.15) is 11.1 Å². The van der Waals surface area contributed by atoms with Gasteiger partial charge in [0.1, 0.15) is 23.0 Å². The summed E-state index contributed by atoms with van der Waals surface area (Å²) in [5.41, 5.74) is 1.71. The zero-order valence-corrected chi connectivity index (χ0v) is 11.7. The molecule has 0 bridgehead atoms. The van der Waals surface area contributed by atoms with Crippen LogP contribution in [0, 0.1) is 0 Å². The molecule has 108 valence electrons. The first kappa shape index (κ1) is 14.7. The lowest BCUT2D eigenvalue weighted by molar-refractivity contribution is 0.441. The van der Waals surface area contributed by atoms with Crippen molar-refractivity contribution in [3.8, 4) is 23.0 Å². The molecule has 0 saturated heterocycles. The maximum absolute atomic E-state index is 9.93. The maximum atomic E-state index is 9.93. The first-order chi connectivity index (χ1) is 10.1. The van der Waals surface area contributed by atoms with E-state index in [-0.39, 0.29) is 11.5 Å². The Bertz CT molecular complexity index is 660. The Labute approximate surface area is 124 Å². The van der Waals surface area contributed by atoms with Crippen molar-refractivity contribution in [2.75, 3.05) is 0 Å². The average molecular weight is 282 g/mol. The molecule has 0 atom stereocenters. The second kappa shape index (κ2) is 6.66. The van der Waals surface area contributed by atoms with Crippen LogP contribution in [0.25, 0.3) is 0 Å². The minimum absolute atomic E-state index is 0.130. The van der Waals surface area contributed by atoms with Gasteiger partial charge in [0, 0.05) is 12.1 Å². The van der Waals surface area contributed by atoms with E-state index in [4.69, 9.17) is 4.74 Å². The standard InChI is InChI=1S/C18H18O3/c1-3-5-13-8-10-16(12-17(13)20)21-18-11-15(19)9-7-14(18)6-4-2/h3-4,7-12,19-20H,1-2,5-6H2. The molecule has 0 aromatic heterocycles. The summed E-state index contributed by atoms with van der Waals surface area (Å²) in [6, 6.07) is 10.1. The molecule has 0 heterocycles. The molecule has 2 aromatic carbocycles. The number of rotatable bonds is 6. The number of hydrogen-bond acceptors (Lipinski definition) is 3. The molecule has 3 nitrogen and oxygen atoms in total. The fraction of sp³-hybridized carbons (Fsp3) is 0.111. The van der Waals surface area contributed by atoms with Crippen molar-refractivity contribution in [3.05, 3.63) is 72.8 Å². The maximum Gasteiger partial charge on any atom is 0.134 e. The summed E-state index contributed by atoms with van der Waals surface area (Å²) in [5.74, 6) is 1.35. The van der Waals surface area contributed by atoms with Gasteiger partial charge in [0.2, 0.25) is 0 Å². The lowest BCUT2D eigenvalue weighted by atomic mass is 10.1. The van der Waals surface area contributed by atoms with E-state index in [0.29, 0.717) is 24.3 Å². The molecule has 3 heteroatoms. The third-order valence-electron chi connectivity index (χ3n) is 3.06. The van der Waals surface area contributed by atoms with Crippen molar-refractivity contribution >= 4 is 0 Å². The largest absolute Gasteiger partial charge is 0.508 e. The van der Waals surface area contributed by atoms with Crippen LogP contribution in [-0.4, -0.2) is 10.2 Å². The molecule has 0 aliphatic carbocycles. The molecule has 0 saturated carbocycles. The molecule has 0 spiro atoms. The molecule has 0 amide bonds. The van der Waals surface area contributed by atoms with E-state index in [1.165, 1.54) is 0 Å². The van der Waals surface area contributed by atoms with Crippen LogP contribution in [-0.2, 0) is 12.8 Å². The SMILES string of the molecule is C=CCc1ccc(Oc2cc(O)ccc2CC=C)cc1O. The summed E-state index contributed by atoms with van der Waals surface area (Å²) < 4.78 is 5.76. The van der Waals surface area contributed by atoms with Gasteiger partial charge in [-0.1, -0.05) is 24.3 Å². The van der Waals surface area contributed by atoms with Crippen LogP contribution < -0.4 is 4.74 Å². The number of phenolic OH excluding ortho intramolecular Hbond substituents is 2. The van der Waals surface area contributed by atoms with Crippen LogP contribution in [0.3, 0.4) is 0 Å². The summed E-state index contributed by atoms with van der Waals surface area (Å²) in [7, 11) is 0. The molecule has 0 aliphatic rings. The van der Waals surface area contributed by atoms with E-state index in [0.717, 1.165) is 11.1 Å². The minimum atomic E-state index is 0.130. The van der Waals surface area contributed by atoms with E-state index in [1.54, 1.807) is 48.6 Å². The zero-order chi connectivity index (χ0) is 15.2. The predicted molar refractivity (Wildman–Crippen MR) is 84.1 cm³/mol. The lowest BCUT2D eigenvalue weighted by Crippen LogP contribution is -1.91. The van der Waals surface area contributed by atoms with Crippen molar-refractivity contribution in [2.24, 2.45) is 0 Å². The summed E-state index contributed by atoms with van der Waals surface area (Å²) in [5, 5.41) is 19.5. The first-order valence-corrected chi connectivity index (χ1v) is 6.67. The van der Waals surface area contributed by atoms with Gasteiger partial charge in [0.25, 0.3) is 0 Å². The number of hydrogen-bond donors (Lipinski definition) is 2. The molecule has 0 unspecified atom stereocenters. The third-order valence-corrected chi connectivity index (χ3v) is 3.06. The molecule has 0 radical (unpaired) electrons. The van der Waals surface area contributed by atoms with Gasteiger partial charge in [-0.25, -0.2) is 0 Å². The van der Waals surface area contributed by atoms with Crippen LogP contribution in [0.15, 0.2) is 61.7 Å². The van der Waals surface area contributed by atoms with Crippen LogP contribution in [0.4, 0.5) is 0 Å². The number of phenols is 2. The van der Waals surface area contributed by atoms with Crippen molar-refractivity contribution in [3.63, 3.8) is 0 Å². The van der Waals surface area contributed by atoms with Crippen molar-refractivity contribution in [2.45, 2.75) is 12.8 Å². The van der Waals surface area contributed by atoms with Gasteiger partial charge >= 0.3 is 0 Å². The van der Waals surface area contributed by atoms with Gasteiger partial charge in [-0.3, -0.25) is 0 Å². The number of ether oxygens (including phenoxy) is 1. The number of aromatic hydroxyl groups is 2. The Balaban J connectivity index is 2.29. The lowest BCUT2D eigenvalue weighted by Gasteiger charge is -2.12. The molecule has 0 aliphatic heterocycles. The molecule has 2 rings (SSSR count). The van der Waals surface area contributed by atoms with Crippen molar-refractivity contribution in [1.82, 2.24) is 0 Å². The quantitative estimate of drug-likeness (QED) is 0.774. The Morgan fingerprint density at radius 1 is 0.905 bits per heavy atom. The minimum Gasteiger partial charge on any atom is -0.508 e. The highest BCUT2D eigenvalue weighted by Crippen LogP contribution is 2.32. The average Bonchev–Trinajstić information content (AvgIpc) is 2.45. The van der Waals surface area contributed by atoms with Gasteiger partial charge < -0.3 is 14.9 Å². The molecular weight excluding hydrogens is 264 g/mol. The topological polar surface area (TPSA) is 49.7 Å². The van der Waals surface area contributed by atoms with Gasteiger partial charge in [0.15, 0.2) is 0 Å². The third kappa shape index (κ3) is 3.66. The fourth-order valence-corrected chi connectivity index (χ4v) is 2.02. The molecule has 0 fully saturated rings. The predicted octanol–water partition coefficient (Wildman–Crippen LogP) is 4.35. The van der Waals surface area contributed by atoms with Crippen LogP contribution in [0.5, 0.6) is 23.0 Å². The van der Waals surface area contributed by atoms with Gasteiger partial charge in [-0.05, 0) is 36.1 Å². The highest BCUT2D eigenvalue weighted by Gasteiger charge is 2.08. The van der Waals surface area contributed by atoms with E-state index < -0.39 is 0 Å². The summed E-state index contributed by atoms with van der Waals surface area (Å²) >= 11 is 0. The van der Waals surface area contributed by atoms with Crippen molar-refractivity contribution < 1.29 is 14.9 Å². The smallest absolute Gasteiger partial charge is 0.134 e. The van der Waals surface area contributed by atoms with E-state index in [9.17, 15) is 10.2 Å². The van der Waals surface area contributed by atoms with Crippen LogP contribution >= 0.6 is 0 Å². The summed E-state index contributed by atoms with van der Waals surface area (Å²) in [6.45, 7) is 7.35. The second-order valence-electron chi connectivity index (χ2n) is 4.67. The van der Waals surface area contributed by atoms with Gasteiger partial charge in [-0.2, -0.15) is 0 Å². The second-order valence-corrected chi connectivity index (χ2v) is 4.67. The Kier molecular flexibility index (Phi) is 4.67. The highest BCUT2D eigenvalue weighted by molar-refractivity contribution is 5.46. The monoisotopic (exact) mass is 282 g/mol. The Morgan fingerprint density at radius 3 is 2.24 bits per heavy atom. The summed E-state index contributed by atoms with van der Waals surface area (Å²) in [4.78, 5) is 0. The Hall–Kier alpha value is -2.68. The molecule has 2 N–H and O–H groups in total. The normalized spacial score (nSPS) is 10.1. The molecule has 21 heavy (non-hydrogen) atoms. The van der Waals surface area contributed by atoms with E-state index in [1.807, 2.05) is 0 Å². The Morgan fingerprint density at radius 2 is 1.57 bits per heavy atom. The fourth-order valence-electron chi connectivity index (χ4n) is 2.02. The number of benzene rings is 2. The first-order valence-electron chi connectivity index (χ1n) is 6.67. The van der Waals surface area contributed by atoms with Crippen LogP contribution in [0.2, 0.25) is 0 Å². The molecular formula is C18H18O3. The van der Waals surface area contributed by atoms with Crippen molar-refractivity contribution in [1.29, 1.82) is 0 Å². The number of allylic oxidation sites excluding steroid dienone is 2.